The SMILES string of the molecule is [2H]C([2H])([2H])N1CC[C@@H](Nc2cccc3c(SC(F)(F)F)c(I)nn23)[C@@H](F)C1. The van der Waals surface area contributed by atoms with Crippen LogP contribution in [0.15, 0.2) is 23.1 Å². The second-order valence-electron chi connectivity index (χ2n) is 5.38. The van der Waals surface area contributed by atoms with Gasteiger partial charge in [-0.3, -0.25) is 0 Å². The van der Waals surface area contributed by atoms with E-state index in [1.165, 1.54) is 10.6 Å². The van der Waals surface area contributed by atoms with Crippen LogP contribution in [0.1, 0.15) is 10.5 Å². The van der Waals surface area contributed by atoms with Crippen molar-refractivity contribution >= 4 is 45.7 Å². The highest BCUT2D eigenvalue weighted by Crippen LogP contribution is 2.41. The fraction of sp³-hybridized carbons (Fsp3) is 0.500. The summed E-state index contributed by atoms with van der Waals surface area (Å²) < 4.78 is 76.5. The highest BCUT2D eigenvalue weighted by molar-refractivity contribution is 14.1. The summed E-state index contributed by atoms with van der Waals surface area (Å²) in [6.45, 7) is -2.40. The van der Waals surface area contributed by atoms with Crippen molar-refractivity contribution in [1.82, 2.24) is 14.5 Å². The zero-order valence-corrected chi connectivity index (χ0v) is 15.1. The zero-order chi connectivity index (χ0) is 20.0. The Hall–Kier alpha value is -0.750. The van der Waals surface area contributed by atoms with E-state index in [0.717, 1.165) is 4.90 Å². The van der Waals surface area contributed by atoms with Crippen LogP contribution in [0, 0.1) is 3.70 Å². The van der Waals surface area contributed by atoms with Gasteiger partial charge >= 0.3 is 5.51 Å². The minimum atomic E-state index is -4.45. The molecule has 3 heterocycles. The lowest BCUT2D eigenvalue weighted by Gasteiger charge is -2.33. The molecule has 0 radical (unpaired) electrons. The topological polar surface area (TPSA) is 32.6 Å². The van der Waals surface area contributed by atoms with Gasteiger partial charge in [-0.25, -0.2) is 8.91 Å². The fourth-order valence-electron chi connectivity index (χ4n) is 2.60. The number of thioether (sulfide) groups is 1. The van der Waals surface area contributed by atoms with Crippen molar-refractivity contribution in [3.63, 3.8) is 0 Å². The van der Waals surface area contributed by atoms with Crippen molar-refractivity contribution in [1.29, 1.82) is 0 Å². The number of hydrogen-bond donors (Lipinski definition) is 1. The molecule has 4 nitrogen and oxygen atoms in total. The number of piperidine rings is 1. The molecule has 0 unspecified atom stereocenters. The smallest absolute Gasteiger partial charge is 0.364 e. The molecule has 3 rings (SSSR count). The number of anilines is 1. The number of fused-ring (bicyclic) bond motifs is 1. The Bertz CT molecular complexity index is 829. The van der Waals surface area contributed by atoms with E-state index < -0.39 is 24.7 Å². The van der Waals surface area contributed by atoms with Gasteiger partial charge in [0.2, 0.25) is 0 Å². The second kappa shape index (κ2) is 6.87. The van der Waals surface area contributed by atoms with Gasteiger partial charge in [0.25, 0.3) is 0 Å². The molecule has 10 heteroatoms. The van der Waals surface area contributed by atoms with Crippen LogP contribution in [0.5, 0.6) is 0 Å². The molecule has 0 amide bonds. The van der Waals surface area contributed by atoms with Gasteiger partial charge in [-0.1, -0.05) is 6.07 Å². The van der Waals surface area contributed by atoms with Gasteiger partial charge in [0.05, 0.1) is 16.5 Å². The molecule has 132 valence electrons. The summed E-state index contributed by atoms with van der Waals surface area (Å²) in [6, 6.07) is 4.02. The van der Waals surface area contributed by atoms with Crippen LogP contribution in [0.25, 0.3) is 5.52 Å². The monoisotopic (exact) mass is 477 g/mol. The maximum absolute atomic E-state index is 14.5. The summed E-state index contributed by atoms with van der Waals surface area (Å²) in [5, 5.41) is 7.11. The van der Waals surface area contributed by atoms with Gasteiger partial charge < -0.3 is 10.2 Å². The summed E-state index contributed by atoms with van der Waals surface area (Å²) in [5.41, 5.74) is -4.18. The first-order chi connectivity index (χ1) is 12.5. The van der Waals surface area contributed by atoms with Crippen LogP contribution >= 0.6 is 34.4 Å². The van der Waals surface area contributed by atoms with E-state index in [1.807, 2.05) is 0 Å². The van der Waals surface area contributed by atoms with Crippen LogP contribution in [0.4, 0.5) is 23.4 Å². The molecule has 1 fully saturated rings. The van der Waals surface area contributed by atoms with E-state index in [9.17, 15) is 17.6 Å². The van der Waals surface area contributed by atoms with Crippen molar-refractivity contribution in [2.75, 3.05) is 25.4 Å². The van der Waals surface area contributed by atoms with Gasteiger partial charge in [-0.05, 0) is 59.9 Å². The number of aromatic nitrogens is 2. The van der Waals surface area contributed by atoms with Crippen molar-refractivity contribution in [3.8, 4) is 0 Å². The standard InChI is InChI=1S/C14H15F4IN4S/c1-22-6-5-9(8(15)7-22)20-11-4-2-3-10-12(24-14(16,17)18)13(19)21-23(10)11/h2-4,8-9,20H,5-7H2,1H3/t8-,9+/m0/s1/i1D3. The number of nitrogens with zero attached hydrogens (tertiary/aromatic N) is 3. The zero-order valence-electron chi connectivity index (χ0n) is 15.1. The molecule has 0 spiro atoms. The molecule has 1 aliphatic rings. The van der Waals surface area contributed by atoms with Gasteiger partial charge in [-0.2, -0.15) is 18.3 Å². The minimum absolute atomic E-state index is 0.0132. The molecule has 1 N–H and O–H groups in total. The van der Waals surface area contributed by atoms with Crippen molar-refractivity contribution in [2.45, 2.75) is 29.0 Å². The third-order valence-corrected chi connectivity index (χ3v) is 5.62. The van der Waals surface area contributed by atoms with E-state index in [1.54, 1.807) is 34.7 Å². The van der Waals surface area contributed by atoms with E-state index in [-0.39, 0.29) is 45.4 Å². The Morgan fingerprint density at radius 3 is 2.92 bits per heavy atom. The average Bonchev–Trinajstić information content (AvgIpc) is 2.84. The average molecular weight is 477 g/mol. The Morgan fingerprint density at radius 1 is 1.46 bits per heavy atom. The molecular formula is C14H15F4IN4S. The first kappa shape index (κ1) is 14.4. The molecule has 1 aliphatic heterocycles. The Morgan fingerprint density at radius 2 is 2.25 bits per heavy atom. The lowest BCUT2D eigenvalue weighted by atomic mass is 10.0. The quantitative estimate of drug-likeness (QED) is 0.412. The number of hydrogen-bond acceptors (Lipinski definition) is 4. The Kier molecular flexibility index (Phi) is 4.13. The van der Waals surface area contributed by atoms with E-state index >= 15 is 0 Å². The first-order valence-corrected chi connectivity index (χ1v) is 8.94. The summed E-state index contributed by atoms with van der Waals surface area (Å²) in [4.78, 5) is 1.09. The maximum Gasteiger partial charge on any atom is 0.446 e. The van der Waals surface area contributed by atoms with Crippen LogP contribution in [0.2, 0.25) is 0 Å². The van der Waals surface area contributed by atoms with E-state index in [2.05, 4.69) is 10.4 Å². The molecule has 2 aromatic heterocycles. The molecular weight excluding hydrogens is 459 g/mol. The Balaban J connectivity index is 1.83. The summed E-state index contributed by atoms with van der Waals surface area (Å²) >= 11 is 1.49. The fourth-order valence-corrected chi connectivity index (χ4v) is 4.03. The number of nitrogens with one attached hydrogen (secondary N) is 1. The molecule has 2 atom stereocenters. The highest BCUT2D eigenvalue weighted by Gasteiger charge is 2.33. The molecule has 24 heavy (non-hydrogen) atoms. The number of alkyl halides is 4. The molecule has 1 saturated heterocycles. The van der Waals surface area contributed by atoms with Crippen LogP contribution in [0.3, 0.4) is 0 Å². The summed E-state index contributed by atoms with van der Waals surface area (Å²) in [7, 11) is 0. The Labute approximate surface area is 158 Å². The van der Waals surface area contributed by atoms with Gasteiger partial charge in [0.15, 0.2) is 0 Å². The van der Waals surface area contributed by atoms with Crippen molar-refractivity contribution in [2.24, 2.45) is 0 Å². The van der Waals surface area contributed by atoms with Gasteiger partial charge in [0.1, 0.15) is 15.7 Å². The molecule has 2 aromatic rings. The third-order valence-electron chi connectivity index (χ3n) is 3.66. The molecule has 0 aromatic carbocycles. The number of likely N-dealkylation sites (tertiary alicyclic amines) is 1. The van der Waals surface area contributed by atoms with Crippen molar-refractivity contribution in [3.05, 3.63) is 21.9 Å². The second-order valence-corrected chi connectivity index (χ2v) is 7.47. The normalized spacial score (nSPS) is 25.3. The van der Waals surface area contributed by atoms with Crippen LogP contribution in [-0.4, -0.2) is 52.3 Å². The van der Waals surface area contributed by atoms with Gasteiger partial charge in [0, 0.05) is 17.2 Å². The summed E-state index contributed by atoms with van der Waals surface area (Å²) in [5.74, 6) is 0.356. The first-order valence-electron chi connectivity index (χ1n) is 8.54. The van der Waals surface area contributed by atoms with Crippen molar-refractivity contribution < 1.29 is 21.7 Å². The van der Waals surface area contributed by atoms with Crippen LogP contribution in [-0.2, 0) is 0 Å². The van der Waals surface area contributed by atoms with E-state index in [0.29, 0.717) is 5.82 Å². The predicted molar refractivity (Wildman–Crippen MR) is 94.2 cm³/mol. The van der Waals surface area contributed by atoms with Gasteiger partial charge in [-0.15, -0.1) is 0 Å². The predicted octanol–water partition coefficient (Wildman–Crippen LogP) is 4.00. The summed E-state index contributed by atoms with van der Waals surface area (Å²) in [6.07, 6.45) is -1.19. The van der Waals surface area contributed by atoms with E-state index in [4.69, 9.17) is 4.11 Å². The minimum Gasteiger partial charge on any atom is -0.364 e. The maximum atomic E-state index is 14.5. The molecule has 0 aliphatic carbocycles. The largest absolute Gasteiger partial charge is 0.446 e. The molecule has 0 bridgehead atoms. The third kappa shape index (κ3) is 3.90. The lowest BCUT2D eigenvalue weighted by molar-refractivity contribution is -0.0328. The van der Waals surface area contributed by atoms with Crippen LogP contribution < -0.4 is 5.32 Å². The number of halogens is 5. The number of pyridine rings is 1. The number of rotatable bonds is 3. The lowest BCUT2D eigenvalue weighted by Crippen LogP contribution is -2.46. The highest BCUT2D eigenvalue weighted by atomic mass is 127. The molecule has 0 saturated carbocycles.